The quantitative estimate of drug-likeness (QED) is 0.174. The van der Waals surface area contributed by atoms with E-state index >= 15 is 0 Å². The zero-order valence-electron chi connectivity index (χ0n) is 32.7. The normalized spacial score (nSPS) is 12.2. The van der Waals surface area contributed by atoms with Crippen molar-refractivity contribution in [3.8, 4) is 56.7 Å². The molecule has 0 saturated heterocycles. The van der Waals surface area contributed by atoms with E-state index in [0.717, 1.165) is 44.1 Å². The summed E-state index contributed by atoms with van der Waals surface area (Å²) < 4.78 is 4.59. The molecular weight excluding hydrogens is 763 g/mol. The van der Waals surface area contributed by atoms with Gasteiger partial charge in [0, 0.05) is 53.5 Å². The summed E-state index contributed by atoms with van der Waals surface area (Å²) in [6.45, 7) is 0. The molecule has 0 radical (unpaired) electrons. The van der Waals surface area contributed by atoms with Crippen molar-refractivity contribution in [3.63, 3.8) is 0 Å². The summed E-state index contributed by atoms with van der Waals surface area (Å²) in [5, 5.41) is 7.34. The Balaban J connectivity index is 0.973. The first-order valence-electron chi connectivity index (χ1n) is 20.5. The molecule has 1 aliphatic rings. The van der Waals surface area contributed by atoms with Crippen molar-refractivity contribution in [2.24, 2.45) is 0 Å². The second-order valence-corrected chi connectivity index (χ2v) is 16.7. The van der Waals surface area contributed by atoms with E-state index in [1.807, 2.05) is 72.4 Å². The highest BCUT2D eigenvalue weighted by molar-refractivity contribution is 7.99. The molecule has 0 fully saturated rings. The summed E-state index contributed by atoms with van der Waals surface area (Å²) in [5.74, 6) is 1.85. The molecule has 0 saturated carbocycles. The number of hydrogen-bond acceptors (Lipinski definition) is 4. The minimum absolute atomic E-state index is 0.581. The number of nitrogens with zero attached hydrogens (tertiary/aromatic N) is 5. The summed E-state index contributed by atoms with van der Waals surface area (Å²) in [6, 6.07) is 71.6. The highest BCUT2D eigenvalue weighted by Gasteiger charge is 2.22. The van der Waals surface area contributed by atoms with E-state index in [0.29, 0.717) is 17.6 Å². The largest absolute Gasteiger partial charge is 0.309 e. The number of hydrogen-bond donors (Lipinski definition) is 0. The van der Waals surface area contributed by atoms with E-state index in [4.69, 9.17) is 15.0 Å². The van der Waals surface area contributed by atoms with Crippen molar-refractivity contribution in [2.45, 2.75) is 9.79 Å². The van der Waals surface area contributed by atoms with E-state index in [1.54, 1.807) is 0 Å². The van der Waals surface area contributed by atoms with Crippen molar-refractivity contribution in [1.82, 2.24) is 24.1 Å². The summed E-state index contributed by atoms with van der Waals surface area (Å²) in [7, 11) is 0. The first kappa shape index (κ1) is 34.1. The monoisotopic (exact) mass is 795 g/mol. The Morgan fingerprint density at radius 1 is 0.344 bits per heavy atom. The second-order valence-electron chi connectivity index (χ2n) is 15.6. The minimum atomic E-state index is 0.581. The van der Waals surface area contributed by atoms with Crippen molar-refractivity contribution in [2.75, 3.05) is 0 Å². The van der Waals surface area contributed by atoms with Crippen molar-refractivity contribution in [3.05, 3.63) is 200 Å². The molecule has 12 aromatic rings. The van der Waals surface area contributed by atoms with Gasteiger partial charge in [0.25, 0.3) is 0 Å². The summed E-state index contributed by atoms with van der Waals surface area (Å²) in [5.41, 5.74) is 12.4. The fourth-order valence-corrected chi connectivity index (χ4v) is 10.5. The van der Waals surface area contributed by atoms with E-state index in [9.17, 15) is 0 Å². The summed E-state index contributed by atoms with van der Waals surface area (Å²) in [6.07, 6.45) is 0. The van der Waals surface area contributed by atoms with Crippen LogP contribution < -0.4 is 0 Å². The maximum atomic E-state index is 5.14. The molecule has 3 aromatic heterocycles. The molecular formula is C55H33N5S. The van der Waals surface area contributed by atoms with Gasteiger partial charge in [-0.25, -0.2) is 4.98 Å². The Kier molecular flexibility index (Phi) is 7.47. The average Bonchev–Trinajstić information content (AvgIpc) is 3.84. The first-order chi connectivity index (χ1) is 30.2. The third-order valence-corrected chi connectivity index (χ3v) is 13.3. The van der Waals surface area contributed by atoms with Crippen LogP contribution in [0.2, 0.25) is 0 Å². The number of aromatic nitrogens is 5. The molecule has 0 unspecified atom stereocenters. The molecule has 0 spiro atoms. The van der Waals surface area contributed by atoms with Crippen LogP contribution in [0, 0.1) is 0 Å². The van der Waals surface area contributed by atoms with Crippen LogP contribution in [0.25, 0.3) is 111 Å². The molecule has 13 rings (SSSR count). The van der Waals surface area contributed by atoms with Gasteiger partial charge in [-0.1, -0.05) is 151 Å². The fourth-order valence-electron chi connectivity index (χ4n) is 9.39. The third kappa shape index (κ3) is 5.32. The van der Waals surface area contributed by atoms with Crippen LogP contribution in [0.5, 0.6) is 0 Å². The minimum Gasteiger partial charge on any atom is -0.309 e. The maximum absolute atomic E-state index is 5.14. The van der Waals surface area contributed by atoms with E-state index < -0.39 is 0 Å². The molecule has 0 amide bonds. The molecule has 6 heteroatoms. The highest BCUT2D eigenvalue weighted by atomic mass is 32.2. The molecule has 5 nitrogen and oxygen atoms in total. The zero-order valence-corrected chi connectivity index (χ0v) is 33.5. The van der Waals surface area contributed by atoms with Gasteiger partial charge in [0.05, 0.1) is 22.1 Å². The Bertz CT molecular complexity index is 3670. The van der Waals surface area contributed by atoms with Crippen LogP contribution >= 0.6 is 11.8 Å². The lowest BCUT2D eigenvalue weighted by molar-refractivity contribution is 0.953. The molecule has 0 atom stereocenters. The van der Waals surface area contributed by atoms with Crippen molar-refractivity contribution >= 4 is 66.1 Å². The molecule has 0 N–H and O–H groups in total. The highest BCUT2D eigenvalue weighted by Crippen LogP contribution is 2.49. The summed E-state index contributed by atoms with van der Waals surface area (Å²) in [4.78, 5) is 17.9. The smallest absolute Gasteiger partial charge is 0.238 e. The van der Waals surface area contributed by atoms with Gasteiger partial charge in [0.15, 0.2) is 11.6 Å². The van der Waals surface area contributed by atoms with Gasteiger partial charge in [0.1, 0.15) is 0 Å². The molecule has 61 heavy (non-hydrogen) atoms. The number of benzene rings is 9. The molecule has 9 aromatic carbocycles. The van der Waals surface area contributed by atoms with E-state index in [1.165, 1.54) is 59.1 Å². The third-order valence-electron chi connectivity index (χ3n) is 12.2. The van der Waals surface area contributed by atoms with Gasteiger partial charge < -0.3 is 4.57 Å². The van der Waals surface area contributed by atoms with Crippen LogP contribution in [-0.4, -0.2) is 24.1 Å². The molecule has 0 bridgehead atoms. The van der Waals surface area contributed by atoms with Crippen molar-refractivity contribution in [1.29, 1.82) is 0 Å². The van der Waals surface area contributed by atoms with Gasteiger partial charge in [-0.15, -0.1) is 0 Å². The van der Waals surface area contributed by atoms with Crippen LogP contribution in [0.1, 0.15) is 0 Å². The number of para-hydroxylation sites is 2. The SMILES string of the molecule is c1ccc(-c2nc(-c3ccccc3)nc(-n3c4ccccc4c4cc(-n5c6ccccc6c6cc(-c7ccc8c(c7)-c7cccc9cccc(c79)S8)ccc65)ccc43)n2)cc1. The molecule has 0 aliphatic carbocycles. The molecule has 1 aliphatic heterocycles. The molecule has 4 heterocycles. The van der Waals surface area contributed by atoms with Gasteiger partial charge >= 0.3 is 0 Å². The van der Waals surface area contributed by atoms with Gasteiger partial charge in [-0.3, -0.25) is 4.57 Å². The Morgan fingerprint density at radius 3 is 1.66 bits per heavy atom. The Hall–Kier alpha value is -7.80. The fraction of sp³-hybridized carbons (Fsp3) is 0. The van der Waals surface area contributed by atoms with E-state index in [-0.39, 0.29) is 0 Å². The molecule has 284 valence electrons. The van der Waals surface area contributed by atoms with Gasteiger partial charge in [-0.2, -0.15) is 9.97 Å². The lowest BCUT2D eigenvalue weighted by Gasteiger charge is -2.21. The second kappa shape index (κ2) is 13.4. The predicted octanol–water partition coefficient (Wildman–Crippen LogP) is 14.4. The van der Waals surface area contributed by atoms with Crippen LogP contribution in [0.3, 0.4) is 0 Å². The Morgan fingerprint density at radius 2 is 0.918 bits per heavy atom. The topological polar surface area (TPSA) is 48.5 Å². The Labute approximate surface area is 355 Å². The van der Waals surface area contributed by atoms with Crippen molar-refractivity contribution < 1.29 is 0 Å². The van der Waals surface area contributed by atoms with Crippen LogP contribution in [0.4, 0.5) is 0 Å². The predicted molar refractivity (Wildman–Crippen MR) is 252 cm³/mol. The van der Waals surface area contributed by atoms with E-state index in [2.05, 4.69) is 149 Å². The lowest BCUT2D eigenvalue weighted by Crippen LogP contribution is -2.06. The standard InChI is InChI=1S/C55H33N5S/c1-3-13-35(14-4-1)53-56-54(36-15-5-2-6-16-36)58-55(57-53)60-47-23-10-8-20-41(47)44-33-39(27-29-49(44)60)59-46-22-9-7-19-40(46)43-31-37(25-28-48(43)59)38-26-30-50-45(32-38)42-21-11-17-34-18-12-24-51(61-50)52(34)42/h1-33H. The zero-order chi connectivity index (χ0) is 40.0. The first-order valence-corrected chi connectivity index (χ1v) is 21.3. The lowest BCUT2D eigenvalue weighted by atomic mass is 9.94. The summed E-state index contributed by atoms with van der Waals surface area (Å²) >= 11 is 1.87. The van der Waals surface area contributed by atoms with Crippen LogP contribution in [0.15, 0.2) is 210 Å². The van der Waals surface area contributed by atoms with Crippen LogP contribution in [-0.2, 0) is 0 Å². The average molecular weight is 796 g/mol. The number of fused-ring (bicyclic) bond motifs is 8. The van der Waals surface area contributed by atoms with Gasteiger partial charge in [-0.05, 0) is 88.3 Å². The maximum Gasteiger partial charge on any atom is 0.238 e. The number of rotatable bonds is 5. The van der Waals surface area contributed by atoms with Gasteiger partial charge in [0.2, 0.25) is 5.95 Å².